The minimum Gasteiger partial charge on any atom is -0.389 e. The standard InChI is InChI=1S/C13H17FN2O/c1-3-13(2,17)9-16-8-10-4-5-12(14)11(6-10)7-15/h4-6,16-17H,3,8-9H2,1-2H3. The second kappa shape index (κ2) is 5.76. The van der Waals surface area contributed by atoms with Gasteiger partial charge in [-0.2, -0.15) is 5.26 Å². The van der Waals surface area contributed by atoms with Crippen molar-refractivity contribution in [1.82, 2.24) is 5.32 Å². The molecule has 92 valence electrons. The van der Waals surface area contributed by atoms with E-state index in [9.17, 15) is 9.50 Å². The van der Waals surface area contributed by atoms with E-state index >= 15 is 0 Å². The molecule has 0 spiro atoms. The molecule has 0 aliphatic heterocycles. The van der Waals surface area contributed by atoms with Gasteiger partial charge in [-0.3, -0.25) is 0 Å². The third-order valence-corrected chi connectivity index (χ3v) is 2.75. The number of nitrogens with one attached hydrogen (secondary N) is 1. The molecule has 1 aromatic carbocycles. The van der Waals surface area contributed by atoms with Crippen molar-refractivity contribution in [3.05, 3.63) is 35.1 Å². The van der Waals surface area contributed by atoms with Gasteiger partial charge in [-0.1, -0.05) is 13.0 Å². The highest BCUT2D eigenvalue weighted by molar-refractivity contribution is 5.34. The van der Waals surface area contributed by atoms with Crippen molar-refractivity contribution < 1.29 is 9.50 Å². The summed E-state index contributed by atoms with van der Waals surface area (Å²) in [6.07, 6.45) is 0.660. The fourth-order valence-corrected chi connectivity index (χ4v) is 1.37. The van der Waals surface area contributed by atoms with Crippen molar-refractivity contribution in [2.24, 2.45) is 0 Å². The summed E-state index contributed by atoms with van der Waals surface area (Å²) in [5.74, 6) is -0.503. The Kier molecular flexibility index (Phi) is 4.62. The van der Waals surface area contributed by atoms with E-state index in [4.69, 9.17) is 5.26 Å². The van der Waals surface area contributed by atoms with Gasteiger partial charge in [0.15, 0.2) is 0 Å². The van der Waals surface area contributed by atoms with Crippen LogP contribution in [0.5, 0.6) is 0 Å². The molecule has 0 heterocycles. The third kappa shape index (κ3) is 4.14. The van der Waals surface area contributed by atoms with Gasteiger partial charge in [0.1, 0.15) is 11.9 Å². The molecule has 0 amide bonds. The lowest BCUT2D eigenvalue weighted by Crippen LogP contribution is -2.36. The zero-order valence-corrected chi connectivity index (χ0v) is 10.1. The molecular weight excluding hydrogens is 219 g/mol. The van der Waals surface area contributed by atoms with Crippen molar-refractivity contribution in [3.63, 3.8) is 0 Å². The highest BCUT2D eigenvalue weighted by Gasteiger charge is 2.16. The Morgan fingerprint density at radius 2 is 2.24 bits per heavy atom. The van der Waals surface area contributed by atoms with Gasteiger partial charge >= 0.3 is 0 Å². The molecule has 1 atom stereocenters. The second-order valence-electron chi connectivity index (χ2n) is 4.38. The monoisotopic (exact) mass is 236 g/mol. The van der Waals surface area contributed by atoms with Crippen molar-refractivity contribution in [3.8, 4) is 6.07 Å². The quantitative estimate of drug-likeness (QED) is 0.821. The summed E-state index contributed by atoms with van der Waals surface area (Å²) in [5, 5.41) is 21.5. The van der Waals surface area contributed by atoms with E-state index in [2.05, 4.69) is 5.32 Å². The summed E-state index contributed by atoms with van der Waals surface area (Å²) in [5.41, 5.74) is 0.138. The molecule has 1 unspecified atom stereocenters. The van der Waals surface area contributed by atoms with Crippen LogP contribution in [0, 0.1) is 17.1 Å². The highest BCUT2D eigenvalue weighted by Crippen LogP contribution is 2.10. The van der Waals surface area contributed by atoms with Crippen LogP contribution < -0.4 is 5.32 Å². The number of nitrogens with zero attached hydrogens (tertiary/aromatic N) is 1. The molecule has 0 aromatic heterocycles. The number of hydrogen-bond acceptors (Lipinski definition) is 3. The van der Waals surface area contributed by atoms with E-state index in [1.165, 1.54) is 12.1 Å². The van der Waals surface area contributed by atoms with Gasteiger partial charge in [0.2, 0.25) is 0 Å². The minimum absolute atomic E-state index is 0.0477. The van der Waals surface area contributed by atoms with Crippen molar-refractivity contribution in [2.75, 3.05) is 6.54 Å². The molecule has 1 rings (SSSR count). The smallest absolute Gasteiger partial charge is 0.140 e. The molecule has 3 nitrogen and oxygen atoms in total. The number of benzene rings is 1. The maximum atomic E-state index is 13.1. The van der Waals surface area contributed by atoms with Gasteiger partial charge in [-0.05, 0) is 31.0 Å². The normalized spacial score (nSPS) is 14.1. The van der Waals surface area contributed by atoms with E-state index in [1.807, 2.05) is 6.92 Å². The zero-order chi connectivity index (χ0) is 12.9. The van der Waals surface area contributed by atoms with Crippen LogP contribution in [-0.4, -0.2) is 17.3 Å². The summed E-state index contributed by atoms with van der Waals surface area (Å²) < 4.78 is 13.1. The van der Waals surface area contributed by atoms with Crippen LogP contribution in [0.3, 0.4) is 0 Å². The minimum atomic E-state index is -0.738. The Labute approximate surface area is 101 Å². The Bertz CT molecular complexity index is 424. The Morgan fingerprint density at radius 3 is 2.82 bits per heavy atom. The lowest BCUT2D eigenvalue weighted by atomic mass is 10.0. The molecule has 0 saturated carbocycles. The van der Waals surface area contributed by atoms with Crippen LogP contribution in [0.4, 0.5) is 4.39 Å². The van der Waals surface area contributed by atoms with Gasteiger partial charge < -0.3 is 10.4 Å². The van der Waals surface area contributed by atoms with Crippen molar-refractivity contribution >= 4 is 0 Å². The molecule has 0 radical (unpaired) electrons. The molecule has 2 N–H and O–H groups in total. The van der Waals surface area contributed by atoms with Crippen LogP contribution in [0.15, 0.2) is 18.2 Å². The predicted molar refractivity (Wildman–Crippen MR) is 63.7 cm³/mol. The number of rotatable bonds is 5. The topological polar surface area (TPSA) is 56.0 Å². The average molecular weight is 236 g/mol. The zero-order valence-electron chi connectivity index (χ0n) is 10.1. The van der Waals surface area contributed by atoms with E-state index in [1.54, 1.807) is 19.1 Å². The predicted octanol–water partition coefficient (Wildman–Crippen LogP) is 1.95. The van der Waals surface area contributed by atoms with E-state index in [0.29, 0.717) is 19.5 Å². The molecule has 0 bridgehead atoms. The average Bonchev–Trinajstić information content (AvgIpc) is 2.31. The SMILES string of the molecule is CCC(C)(O)CNCc1ccc(F)c(C#N)c1. The van der Waals surface area contributed by atoms with Gasteiger partial charge in [-0.25, -0.2) is 4.39 Å². The fraction of sp³-hybridized carbons (Fsp3) is 0.462. The molecule has 0 aliphatic rings. The number of nitriles is 1. The number of halogens is 1. The van der Waals surface area contributed by atoms with Gasteiger partial charge in [-0.15, -0.1) is 0 Å². The lowest BCUT2D eigenvalue weighted by Gasteiger charge is -2.21. The molecule has 4 heteroatoms. The Morgan fingerprint density at radius 1 is 1.53 bits per heavy atom. The Balaban J connectivity index is 2.56. The largest absolute Gasteiger partial charge is 0.389 e. The third-order valence-electron chi connectivity index (χ3n) is 2.75. The first-order valence-electron chi connectivity index (χ1n) is 5.60. The molecule has 17 heavy (non-hydrogen) atoms. The van der Waals surface area contributed by atoms with Crippen LogP contribution in [0.2, 0.25) is 0 Å². The van der Waals surface area contributed by atoms with Crippen LogP contribution in [-0.2, 0) is 6.54 Å². The Hall–Kier alpha value is -1.44. The van der Waals surface area contributed by atoms with E-state index < -0.39 is 11.4 Å². The first kappa shape index (κ1) is 13.6. The summed E-state index contributed by atoms with van der Waals surface area (Å²) in [6.45, 7) is 4.63. The van der Waals surface area contributed by atoms with Gasteiger partial charge in [0.25, 0.3) is 0 Å². The maximum absolute atomic E-state index is 13.1. The van der Waals surface area contributed by atoms with E-state index in [0.717, 1.165) is 5.56 Å². The number of aliphatic hydroxyl groups is 1. The maximum Gasteiger partial charge on any atom is 0.140 e. The van der Waals surface area contributed by atoms with Crippen LogP contribution in [0.1, 0.15) is 31.4 Å². The van der Waals surface area contributed by atoms with Crippen molar-refractivity contribution in [2.45, 2.75) is 32.4 Å². The van der Waals surface area contributed by atoms with E-state index in [-0.39, 0.29) is 5.56 Å². The van der Waals surface area contributed by atoms with Crippen molar-refractivity contribution in [1.29, 1.82) is 5.26 Å². The molecule has 0 saturated heterocycles. The van der Waals surface area contributed by atoms with Crippen LogP contribution >= 0.6 is 0 Å². The molecule has 1 aromatic rings. The summed E-state index contributed by atoms with van der Waals surface area (Å²) >= 11 is 0. The molecular formula is C13H17FN2O. The summed E-state index contributed by atoms with van der Waals surface area (Å²) in [6, 6.07) is 6.23. The lowest BCUT2D eigenvalue weighted by molar-refractivity contribution is 0.0555. The van der Waals surface area contributed by atoms with Gasteiger partial charge in [0, 0.05) is 13.1 Å². The van der Waals surface area contributed by atoms with Crippen LogP contribution in [0.25, 0.3) is 0 Å². The number of hydrogen-bond donors (Lipinski definition) is 2. The summed E-state index contributed by atoms with van der Waals surface area (Å²) in [4.78, 5) is 0. The fourth-order valence-electron chi connectivity index (χ4n) is 1.37. The first-order valence-corrected chi connectivity index (χ1v) is 5.60. The summed E-state index contributed by atoms with van der Waals surface area (Å²) in [7, 11) is 0. The molecule has 0 aliphatic carbocycles. The highest BCUT2D eigenvalue weighted by atomic mass is 19.1. The first-order chi connectivity index (χ1) is 7.98. The second-order valence-corrected chi connectivity index (χ2v) is 4.38. The van der Waals surface area contributed by atoms with Gasteiger partial charge in [0.05, 0.1) is 11.2 Å². The molecule has 0 fully saturated rings.